The van der Waals surface area contributed by atoms with Crippen LogP contribution in [0.4, 0.5) is 0 Å². The Morgan fingerprint density at radius 2 is 1.64 bits per heavy atom. The zero-order chi connectivity index (χ0) is 17.9. The number of oxazole rings is 1. The number of halogens is 2. The average molecular weight is 420 g/mol. The van der Waals surface area contributed by atoms with Gasteiger partial charge in [-0.05, 0) is 68.6 Å². The molecular weight excluding hydrogens is 393 g/mol. The summed E-state index contributed by atoms with van der Waals surface area (Å²) in [5.41, 5.74) is 4.43. The second-order valence-corrected chi connectivity index (χ2v) is 7.11. The number of likely N-dealkylation sites (tertiary alicyclic amines) is 1. The lowest BCUT2D eigenvalue weighted by Crippen LogP contribution is -2.29. The van der Waals surface area contributed by atoms with Crippen molar-refractivity contribution in [1.29, 1.82) is 0 Å². The standard InChI is InChI=1S/C22H25N3O.2ClH/c1-16-4-3-14-25(16)15-11-21-17(2)26-22(24-21)20-7-5-18(6-8-20)19-9-12-23-13-10-19;;/h5-10,12-13,16H,3-4,11,14-15H2,1-2H3;2*1H/t16-;;/m1../s1. The van der Waals surface area contributed by atoms with Crippen molar-refractivity contribution in [2.45, 2.75) is 39.2 Å². The van der Waals surface area contributed by atoms with Gasteiger partial charge in [0.15, 0.2) is 0 Å². The molecular formula is C22H27Cl2N3O. The molecule has 1 aromatic carbocycles. The lowest BCUT2D eigenvalue weighted by Gasteiger charge is -2.20. The smallest absolute Gasteiger partial charge is 0.226 e. The van der Waals surface area contributed by atoms with Crippen molar-refractivity contribution in [3.63, 3.8) is 0 Å². The van der Waals surface area contributed by atoms with Crippen LogP contribution in [0.1, 0.15) is 31.2 Å². The maximum absolute atomic E-state index is 5.95. The average Bonchev–Trinajstić information content (AvgIpc) is 3.26. The zero-order valence-electron chi connectivity index (χ0n) is 16.3. The van der Waals surface area contributed by atoms with Crippen molar-refractivity contribution < 1.29 is 4.42 Å². The fourth-order valence-electron chi connectivity index (χ4n) is 3.71. The van der Waals surface area contributed by atoms with Crippen LogP contribution in [0.2, 0.25) is 0 Å². The number of hydrogen-bond acceptors (Lipinski definition) is 4. The Morgan fingerprint density at radius 1 is 1.00 bits per heavy atom. The van der Waals surface area contributed by atoms with E-state index in [0.717, 1.165) is 35.5 Å². The summed E-state index contributed by atoms with van der Waals surface area (Å²) < 4.78 is 5.95. The molecule has 0 unspecified atom stereocenters. The molecule has 1 fully saturated rings. The highest BCUT2D eigenvalue weighted by Crippen LogP contribution is 2.26. The second-order valence-electron chi connectivity index (χ2n) is 7.11. The first kappa shape index (κ1) is 22.4. The summed E-state index contributed by atoms with van der Waals surface area (Å²) in [5, 5.41) is 0. The third kappa shape index (κ3) is 4.93. The van der Waals surface area contributed by atoms with Crippen LogP contribution in [-0.2, 0) is 6.42 Å². The summed E-state index contributed by atoms with van der Waals surface area (Å²) in [7, 11) is 0. The van der Waals surface area contributed by atoms with Gasteiger partial charge in [-0.2, -0.15) is 0 Å². The molecule has 3 heterocycles. The fourth-order valence-corrected chi connectivity index (χ4v) is 3.71. The predicted octanol–water partition coefficient (Wildman–Crippen LogP) is 5.58. The lowest BCUT2D eigenvalue weighted by atomic mass is 10.1. The Balaban J connectivity index is 0.00000140. The number of hydrogen-bond donors (Lipinski definition) is 0. The number of pyridine rings is 1. The van der Waals surface area contributed by atoms with Crippen LogP contribution in [0, 0.1) is 6.92 Å². The van der Waals surface area contributed by atoms with Gasteiger partial charge in [-0.15, -0.1) is 24.8 Å². The van der Waals surface area contributed by atoms with Crippen molar-refractivity contribution in [3.05, 3.63) is 60.2 Å². The third-order valence-corrected chi connectivity index (χ3v) is 5.36. The van der Waals surface area contributed by atoms with Crippen LogP contribution < -0.4 is 0 Å². The highest BCUT2D eigenvalue weighted by Gasteiger charge is 2.21. The van der Waals surface area contributed by atoms with Gasteiger partial charge in [-0.3, -0.25) is 4.98 Å². The molecule has 4 nitrogen and oxygen atoms in total. The summed E-state index contributed by atoms with van der Waals surface area (Å²) in [6.45, 7) is 6.61. The Labute approximate surface area is 179 Å². The summed E-state index contributed by atoms with van der Waals surface area (Å²) >= 11 is 0. The Kier molecular flexibility index (Phi) is 8.05. The first-order valence-corrected chi connectivity index (χ1v) is 9.42. The van der Waals surface area contributed by atoms with Crippen LogP contribution in [0.25, 0.3) is 22.6 Å². The zero-order valence-corrected chi connectivity index (χ0v) is 17.9. The Hall–Kier alpha value is -1.88. The molecule has 0 aliphatic carbocycles. The van der Waals surface area contributed by atoms with E-state index in [-0.39, 0.29) is 24.8 Å². The molecule has 150 valence electrons. The maximum Gasteiger partial charge on any atom is 0.226 e. The minimum Gasteiger partial charge on any atom is -0.441 e. The van der Waals surface area contributed by atoms with E-state index in [0.29, 0.717) is 11.9 Å². The van der Waals surface area contributed by atoms with Gasteiger partial charge in [0.05, 0.1) is 5.69 Å². The SMILES string of the molecule is Cc1oc(-c2ccc(-c3ccncc3)cc2)nc1CCN1CCC[C@H]1C.Cl.Cl. The van der Waals surface area contributed by atoms with Crippen LogP contribution in [-0.4, -0.2) is 34.0 Å². The van der Waals surface area contributed by atoms with Crippen molar-refractivity contribution in [2.75, 3.05) is 13.1 Å². The predicted molar refractivity (Wildman–Crippen MR) is 118 cm³/mol. The minimum atomic E-state index is 0. The first-order valence-electron chi connectivity index (χ1n) is 9.42. The molecule has 0 saturated carbocycles. The monoisotopic (exact) mass is 419 g/mol. The number of benzene rings is 1. The molecule has 4 rings (SSSR count). The van der Waals surface area contributed by atoms with Crippen molar-refractivity contribution in [3.8, 4) is 22.6 Å². The van der Waals surface area contributed by atoms with Crippen LogP contribution in [0.3, 0.4) is 0 Å². The third-order valence-electron chi connectivity index (χ3n) is 5.36. The molecule has 0 spiro atoms. The van der Waals surface area contributed by atoms with Gasteiger partial charge in [-0.25, -0.2) is 4.98 Å². The summed E-state index contributed by atoms with van der Waals surface area (Å²) in [6.07, 6.45) is 7.21. The van der Waals surface area contributed by atoms with Gasteiger partial charge >= 0.3 is 0 Å². The highest BCUT2D eigenvalue weighted by atomic mass is 35.5. The van der Waals surface area contributed by atoms with E-state index in [4.69, 9.17) is 9.40 Å². The summed E-state index contributed by atoms with van der Waals surface area (Å²) in [6, 6.07) is 13.1. The van der Waals surface area contributed by atoms with Gasteiger partial charge in [0.2, 0.25) is 5.89 Å². The van der Waals surface area contributed by atoms with Crippen molar-refractivity contribution in [2.24, 2.45) is 0 Å². The van der Waals surface area contributed by atoms with Crippen molar-refractivity contribution in [1.82, 2.24) is 14.9 Å². The van der Waals surface area contributed by atoms with E-state index in [1.807, 2.05) is 31.5 Å². The molecule has 1 atom stereocenters. The van der Waals surface area contributed by atoms with E-state index in [1.54, 1.807) is 0 Å². The fraction of sp³-hybridized carbons (Fsp3) is 0.364. The molecule has 6 heteroatoms. The van der Waals surface area contributed by atoms with Gasteiger partial charge in [0.1, 0.15) is 5.76 Å². The number of aryl methyl sites for hydroxylation is 1. The molecule has 2 aromatic heterocycles. The normalized spacial score (nSPS) is 16.4. The summed E-state index contributed by atoms with van der Waals surface area (Å²) in [5.74, 6) is 1.65. The van der Waals surface area contributed by atoms with Crippen LogP contribution in [0.15, 0.2) is 53.2 Å². The topological polar surface area (TPSA) is 42.2 Å². The maximum atomic E-state index is 5.95. The molecule has 0 radical (unpaired) electrons. The Morgan fingerprint density at radius 3 is 2.29 bits per heavy atom. The second kappa shape index (κ2) is 10.1. The quantitative estimate of drug-likeness (QED) is 0.540. The molecule has 0 N–H and O–H groups in total. The highest BCUT2D eigenvalue weighted by molar-refractivity contribution is 5.85. The van der Waals surface area contributed by atoms with Gasteiger partial charge in [0.25, 0.3) is 0 Å². The first-order chi connectivity index (χ1) is 12.7. The van der Waals surface area contributed by atoms with Gasteiger partial charge < -0.3 is 9.32 Å². The molecule has 28 heavy (non-hydrogen) atoms. The number of aromatic nitrogens is 2. The molecule has 0 amide bonds. The van der Waals surface area contributed by atoms with E-state index in [9.17, 15) is 0 Å². The Bertz CT molecular complexity index is 865. The molecule has 1 aliphatic heterocycles. The van der Waals surface area contributed by atoms with Crippen molar-refractivity contribution >= 4 is 24.8 Å². The van der Waals surface area contributed by atoms with E-state index >= 15 is 0 Å². The summed E-state index contributed by atoms with van der Waals surface area (Å²) in [4.78, 5) is 11.4. The molecule has 1 aliphatic rings. The van der Waals surface area contributed by atoms with E-state index in [1.165, 1.54) is 24.9 Å². The van der Waals surface area contributed by atoms with Gasteiger partial charge in [0, 0.05) is 37.0 Å². The van der Waals surface area contributed by atoms with E-state index < -0.39 is 0 Å². The number of nitrogens with zero attached hydrogens (tertiary/aromatic N) is 3. The number of rotatable bonds is 5. The minimum absolute atomic E-state index is 0. The van der Waals surface area contributed by atoms with Crippen LogP contribution in [0.5, 0.6) is 0 Å². The molecule has 0 bridgehead atoms. The van der Waals surface area contributed by atoms with Crippen LogP contribution >= 0.6 is 24.8 Å². The lowest BCUT2D eigenvalue weighted by molar-refractivity contribution is 0.271. The van der Waals surface area contributed by atoms with Gasteiger partial charge in [-0.1, -0.05) is 12.1 Å². The molecule has 1 saturated heterocycles. The largest absolute Gasteiger partial charge is 0.441 e. The van der Waals surface area contributed by atoms with E-state index in [2.05, 4.69) is 41.1 Å². The molecule has 3 aromatic rings.